The first-order valence-electron chi connectivity index (χ1n) is 8.87. The number of hydrogen-bond donors (Lipinski definition) is 1. The number of piperazine rings is 1. The van der Waals surface area contributed by atoms with Crippen LogP contribution >= 0.6 is 12.4 Å². The van der Waals surface area contributed by atoms with Crippen molar-refractivity contribution < 1.29 is 26.3 Å². The molecule has 27 heavy (non-hydrogen) atoms. The third-order valence-electron chi connectivity index (χ3n) is 4.72. The highest BCUT2D eigenvalue weighted by Crippen LogP contribution is 2.41. The maximum absolute atomic E-state index is 13.5. The summed E-state index contributed by atoms with van der Waals surface area (Å²) in [4.78, 5) is 1.95. The molecule has 0 radical (unpaired) electrons. The molecule has 1 aromatic rings. The van der Waals surface area contributed by atoms with Gasteiger partial charge in [0.05, 0.1) is 11.1 Å². The Morgan fingerprint density at radius 3 is 2.15 bits per heavy atom. The van der Waals surface area contributed by atoms with E-state index in [9.17, 15) is 26.3 Å². The predicted octanol–water partition coefficient (Wildman–Crippen LogP) is 5.67. The Labute approximate surface area is 161 Å². The van der Waals surface area contributed by atoms with Gasteiger partial charge in [0.2, 0.25) is 0 Å². The topological polar surface area (TPSA) is 15.3 Å². The molecule has 156 valence electrons. The van der Waals surface area contributed by atoms with Crippen molar-refractivity contribution in [1.29, 1.82) is 0 Å². The van der Waals surface area contributed by atoms with Crippen LogP contribution in [0.5, 0.6) is 0 Å². The van der Waals surface area contributed by atoms with Crippen LogP contribution in [-0.4, -0.2) is 31.1 Å². The predicted molar refractivity (Wildman–Crippen MR) is 95.0 cm³/mol. The fourth-order valence-electron chi connectivity index (χ4n) is 3.38. The Hall–Kier alpha value is -0.990. The smallest absolute Gasteiger partial charge is 0.314 e. The van der Waals surface area contributed by atoms with Gasteiger partial charge in [-0.3, -0.25) is 4.90 Å². The number of benzene rings is 1. The van der Waals surface area contributed by atoms with Crippen molar-refractivity contribution in [3.63, 3.8) is 0 Å². The van der Waals surface area contributed by atoms with Crippen molar-refractivity contribution in [2.24, 2.45) is 0 Å². The summed E-state index contributed by atoms with van der Waals surface area (Å²) in [7, 11) is 0. The van der Waals surface area contributed by atoms with E-state index in [1.807, 2.05) is 11.8 Å². The van der Waals surface area contributed by atoms with Crippen LogP contribution in [-0.2, 0) is 12.4 Å². The molecule has 0 unspecified atom stereocenters. The minimum Gasteiger partial charge on any atom is -0.314 e. The van der Waals surface area contributed by atoms with Gasteiger partial charge in [-0.2, -0.15) is 26.3 Å². The number of nitrogens with zero attached hydrogens (tertiary/aromatic N) is 1. The molecule has 2 rings (SSSR count). The third kappa shape index (κ3) is 6.54. The second kappa shape index (κ2) is 9.98. The van der Waals surface area contributed by atoms with Crippen molar-refractivity contribution in [1.82, 2.24) is 10.2 Å². The van der Waals surface area contributed by atoms with Gasteiger partial charge in [-0.05, 0) is 24.1 Å². The molecule has 0 amide bonds. The summed E-state index contributed by atoms with van der Waals surface area (Å²) >= 11 is 0. The molecule has 0 aromatic heterocycles. The van der Waals surface area contributed by atoms with Crippen LogP contribution in [0, 0.1) is 0 Å². The number of nitrogens with one attached hydrogen (secondary N) is 1. The summed E-state index contributed by atoms with van der Waals surface area (Å²) in [5, 5.41) is 3.15. The van der Waals surface area contributed by atoms with Gasteiger partial charge in [0.25, 0.3) is 0 Å². The van der Waals surface area contributed by atoms with Gasteiger partial charge in [-0.15, -0.1) is 12.4 Å². The van der Waals surface area contributed by atoms with E-state index in [1.54, 1.807) is 0 Å². The second-order valence-electron chi connectivity index (χ2n) is 6.60. The lowest BCUT2D eigenvalue weighted by molar-refractivity contribution is -0.143. The van der Waals surface area contributed by atoms with Crippen LogP contribution < -0.4 is 5.32 Å². The zero-order valence-corrected chi connectivity index (χ0v) is 15.9. The van der Waals surface area contributed by atoms with E-state index < -0.39 is 29.5 Å². The lowest BCUT2D eigenvalue weighted by Crippen LogP contribution is -2.45. The molecule has 1 saturated heterocycles. The molecule has 0 spiro atoms. The summed E-state index contributed by atoms with van der Waals surface area (Å²) in [5.41, 5.74) is -2.49. The Morgan fingerprint density at radius 1 is 1.00 bits per heavy atom. The van der Waals surface area contributed by atoms with Crippen LogP contribution in [0.2, 0.25) is 0 Å². The van der Waals surface area contributed by atoms with Crippen LogP contribution in [0.25, 0.3) is 0 Å². The van der Waals surface area contributed by atoms with E-state index in [1.165, 1.54) is 0 Å². The monoisotopic (exact) mass is 418 g/mol. The lowest BCUT2D eigenvalue weighted by atomic mass is 9.92. The van der Waals surface area contributed by atoms with Crippen LogP contribution in [0.1, 0.15) is 55.3 Å². The summed E-state index contributed by atoms with van der Waals surface area (Å²) < 4.78 is 79.3. The molecular formula is C18H25ClF6N2. The number of hydrogen-bond acceptors (Lipinski definition) is 2. The molecule has 9 heteroatoms. The number of unbranched alkanes of at least 4 members (excludes halogenated alkanes) is 2. The van der Waals surface area contributed by atoms with Gasteiger partial charge in [-0.25, -0.2) is 0 Å². The molecule has 0 aliphatic carbocycles. The highest BCUT2D eigenvalue weighted by molar-refractivity contribution is 5.85. The molecule has 1 aliphatic rings. The van der Waals surface area contributed by atoms with E-state index in [2.05, 4.69) is 5.32 Å². The molecule has 2 nitrogen and oxygen atoms in total. The molecule has 1 fully saturated rings. The molecule has 0 saturated carbocycles. The average molecular weight is 419 g/mol. The molecular weight excluding hydrogens is 394 g/mol. The van der Waals surface area contributed by atoms with Gasteiger partial charge in [0.1, 0.15) is 0 Å². The number of rotatable bonds is 6. The normalized spacial score (nSPS) is 17.4. The third-order valence-corrected chi connectivity index (χ3v) is 4.72. The van der Waals surface area contributed by atoms with Crippen molar-refractivity contribution in [2.75, 3.05) is 26.2 Å². The minimum atomic E-state index is -4.83. The van der Waals surface area contributed by atoms with E-state index in [-0.39, 0.29) is 24.0 Å². The first-order chi connectivity index (χ1) is 12.1. The molecule has 1 aromatic carbocycles. The van der Waals surface area contributed by atoms with Gasteiger partial charge < -0.3 is 5.32 Å². The first kappa shape index (κ1) is 24.0. The van der Waals surface area contributed by atoms with Crippen LogP contribution in [0.3, 0.4) is 0 Å². The number of halogens is 7. The highest BCUT2D eigenvalue weighted by Gasteiger charge is 2.40. The maximum atomic E-state index is 13.5. The first-order valence-corrected chi connectivity index (χ1v) is 8.87. The van der Waals surface area contributed by atoms with E-state index in [0.29, 0.717) is 32.6 Å². The zero-order valence-electron chi connectivity index (χ0n) is 15.1. The van der Waals surface area contributed by atoms with Crippen molar-refractivity contribution in [2.45, 2.75) is 51.0 Å². The lowest BCUT2D eigenvalue weighted by Gasteiger charge is -2.36. The minimum absolute atomic E-state index is 0. The van der Waals surface area contributed by atoms with Crippen LogP contribution in [0.15, 0.2) is 18.2 Å². The second-order valence-corrected chi connectivity index (χ2v) is 6.60. The Morgan fingerprint density at radius 2 is 1.63 bits per heavy atom. The van der Waals surface area contributed by atoms with Gasteiger partial charge >= 0.3 is 12.4 Å². The van der Waals surface area contributed by atoms with Crippen molar-refractivity contribution in [3.05, 3.63) is 34.9 Å². The Kier molecular flexibility index (Phi) is 8.89. The molecule has 0 bridgehead atoms. The fraction of sp³-hybridized carbons (Fsp3) is 0.667. The quantitative estimate of drug-likeness (QED) is 0.473. The summed E-state index contributed by atoms with van der Waals surface area (Å²) in [6, 6.07) is 1.51. The SMILES string of the molecule is CCCCC[C@H](c1ccc(C(F)(F)F)cc1C(F)(F)F)N1CCNCC1.Cl. The van der Waals surface area contributed by atoms with E-state index in [0.717, 1.165) is 31.4 Å². The zero-order chi connectivity index (χ0) is 19.4. The molecule has 1 N–H and O–H groups in total. The van der Waals surface area contributed by atoms with Gasteiger partial charge in [0.15, 0.2) is 0 Å². The molecule has 1 heterocycles. The largest absolute Gasteiger partial charge is 0.416 e. The molecule has 1 aliphatic heterocycles. The van der Waals surface area contributed by atoms with Crippen LogP contribution in [0.4, 0.5) is 26.3 Å². The molecule has 1 atom stereocenters. The van der Waals surface area contributed by atoms with E-state index in [4.69, 9.17) is 0 Å². The standard InChI is InChI=1S/C18H24F6N2.ClH/c1-2-3-4-5-16(26-10-8-25-9-11-26)14-7-6-13(17(19,20)21)12-15(14)18(22,23)24;/h6-7,12,16,25H,2-5,8-11H2,1H3;1H/t16-;/m1./s1. The van der Waals surface area contributed by atoms with Gasteiger partial charge in [0, 0.05) is 32.2 Å². The Bertz CT molecular complexity index is 582. The van der Waals surface area contributed by atoms with Gasteiger partial charge in [-0.1, -0.05) is 32.3 Å². The number of alkyl halides is 6. The summed E-state index contributed by atoms with van der Waals surface area (Å²) in [5.74, 6) is 0. The maximum Gasteiger partial charge on any atom is 0.416 e. The fourth-order valence-corrected chi connectivity index (χ4v) is 3.38. The average Bonchev–Trinajstić information content (AvgIpc) is 2.57. The Balaban J connectivity index is 0.00000364. The highest BCUT2D eigenvalue weighted by atomic mass is 35.5. The van der Waals surface area contributed by atoms with Crippen molar-refractivity contribution in [3.8, 4) is 0 Å². The van der Waals surface area contributed by atoms with Crippen molar-refractivity contribution >= 4 is 12.4 Å². The summed E-state index contributed by atoms with van der Waals surface area (Å²) in [6.07, 6.45) is -6.58. The summed E-state index contributed by atoms with van der Waals surface area (Å²) in [6.45, 7) is 4.47. The van der Waals surface area contributed by atoms with E-state index >= 15 is 0 Å².